The molecule has 3 heteroatoms. The van der Waals surface area contributed by atoms with Crippen molar-refractivity contribution in [1.82, 2.24) is 9.78 Å². The zero-order chi connectivity index (χ0) is 9.26. The minimum absolute atomic E-state index is 0.154. The first-order valence-electron chi connectivity index (χ1n) is 4.34. The molecule has 0 saturated carbocycles. The van der Waals surface area contributed by atoms with Gasteiger partial charge in [-0.15, -0.1) is 0 Å². The predicted octanol–water partition coefficient (Wildman–Crippen LogP) is 1.11. The molecule has 0 saturated heterocycles. The molecule has 0 spiro atoms. The molecule has 0 atom stereocenters. The second-order valence-corrected chi connectivity index (χ2v) is 3.06. The van der Waals surface area contributed by atoms with Crippen LogP contribution in [0.2, 0.25) is 0 Å². The van der Waals surface area contributed by atoms with Crippen molar-refractivity contribution in [3.8, 4) is 0 Å². The minimum atomic E-state index is 0.154. The van der Waals surface area contributed by atoms with Gasteiger partial charge in [0.2, 0.25) is 0 Å². The number of aromatic nitrogens is 2. The van der Waals surface area contributed by atoms with Gasteiger partial charge in [-0.25, -0.2) is 0 Å². The molecule has 0 fully saturated rings. The van der Waals surface area contributed by atoms with Gasteiger partial charge in [0.05, 0.1) is 11.2 Å². The Morgan fingerprint density at radius 3 is 2.92 bits per heavy atom. The lowest BCUT2D eigenvalue weighted by atomic mass is 10.2. The molecule has 13 heavy (non-hydrogen) atoms. The lowest BCUT2D eigenvalue weighted by molar-refractivity contribution is 0.298. The molecule has 1 aromatic carbocycles. The molecule has 0 radical (unpaired) electrons. The summed E-state index contributed by atoms with van der Waals surface area (Å²) in [6.45, 7) is 0.154. The Balaban J connectivity index is 2.63. The van der Waals surface area contributed by atoms with Gasteiger partial charge in [0, 0.05) is 25.5 Å². The summed E-state index contributed by atoms with van der Waals surface area (Å²) in [4.78, 5) is 0. The Morgan fingerprint density at radius 2 is 2.15 bits per heavy atom. The molecule has 1 N–H and O–H groups in total. The SMILES string of the molecule is Cn1nc(CCO)c2ccccc21. The van der Waals surface area contributed by atoms with Crippen LogP contribution < -0.4 is 0 Å². The van der Waals surface area contributed by atoms with Gasteiger partial charge in [0.25, 0.3) is 0 Å². The average Bonchev–Trinajstić information content (AvgIpc) is 2.46. The van der Waals surface area contributed by atoms with Crippen molar-refractivity contribution in [2.24, 2.45) is 7.05 Å². The largest absolute Gasteiger partial charge is 0.396 e. The van der Waals surface area contributed by atoms with Crippen molar-refractivity contribution in [3.05, 3.63) is 30.0 Å². The van der Waals surface area contributed by atoms with E-state index in [4.69, 9.17) is 5.11 Å². The molecule has 0 amide bonds. The lowest BCUT2D eigenvalue weighted by Crippen LogP contribution is -1.94. The Labute approximate surface area is 76.6 Å². The van der Waals surface area contributed by atoms with E-state index in [2.05, 4.69) is 5.10 Å². The molecule has 68 valence electrons. The van der Waals surface area contributed by atoms with Crippen LogP contribution in [0.5, 0.6) is 0 Å². The normalized spacial score (nSPS) is 10.9. The number of nitrogens with zero attached hydrogens (tertiary/aromatic N) is 2. The summed E-state index contributed by atoms with van der Waals surface area (Å²) in [5, 5.41) is 14.3. The van der Waals surface area contributed by atoms with Crippen LogP contribution in [0.1, 0.15) is 5.69 Å². The highest BCUT2D eigenvalue weighted by molar-refractivity contribution is 5.81. The van der Waals surface area contributed by atoms with Crippen LogP contribution in [0, 0.1) is 0 Å². The Hall–Kier alpha value is -1.35. The molecule has 1 heterocycles. The fourth-order valence-electron chi connectivity index (χ4n) is 1.58. The maximum Gasteiger partial charge on any atom is 0.0726 e. The summed E-state index contributed by atoms with van der Waals surface area (Å²) < 4.78 is 1.85. The molecule has 0 bridgehead atoms. The number of para-hydroxylation sites is 1. The van der Waals surface area contributed by atoms with E-state index in [9.17, 15) is 0 Å². The fraction of sp³-hybridized carbons (Fsp3) is 0.300. The molecule has 0 aliphatic rings. The highest BCUT2D eigenvalue weighted by Crippen LogP contribution is 2.17. The molecule has 3 nitrogen and oxygen atoms in total. The fourth-order valence-corrected chi connectivity index (χ4v) is 1.58. The van der Waals surface area contributed by atoms with Crippen LogP contribution in [0.25, 0.3) is 10.9 Å². The number of benzene rings is 1. The van der Waals surface area contributed by atoms with Crippen molar-refractivity contribution in [3.63, 3.8) is 0 Å². The number of fused-ring (bicyclic) bond motifs is 1. The second-order valence-electron chi connectivity index (χ2n) is 3.06. The quantitative estimate of drug-likeness (QED) is 0.744. The van der Waals surface area contributed by atoms with E-state index in [0.29, 0.717) is 6.42 Å². The predicted molar refractivity (Wildman–Crippen MR) is 51.5 cm³/mol. The van der Waals surface area contributed by atoms with Gasteiger partial charge in [0.15, 0.2) is 0 Å². The standard InChI is InChI=1S/C10H12N2O/c1-12-10-5-3-2-4-8(10)9(11-12)6-7-13/h2-5,13H,6-7H2,1H3. The van der Waals surface area contributed by atoms with E-state index in [-0.39, 0.29) is 6.61 Å². The first kappa shape index (κ1) is 8.26. The average molecular weight is 176 g/mol. The zero-order valence-electron chi connectivity index (χ0n) is 7.57. The molecule has 0 aliphatic carbocycles. The molecular formula is C10H12N2O. The third-order valence-electron chi connectivity index (χ3n) is 2.18. The van der Waals surface area contributed by atoms with E-state index in [1.807, 2.05) is 36.0 Å². The molecule has 1 aromatic heterocycles. The van der Waals surface area contributed by atoms with Crippen molar-refractivity contribution in [1.29, 1.82) is 0 Å². The molecule has 0 unspecified atom stereocenters. The monoisotopic (exact) mass is 176 g/mol. The number of aryl methyl sites for hydroxylation is 1. The maximum absolute atomic E-state index is 8.84. The highest BCUT2D eigenvalue weighted by atomic mass is 16.3. The van der Waals surface area contributed by atoms with E-state index in [1.165, 1.54) is 0 Å². The van der Waals surface area contributed by atoms with E-state index in [0.717, 1.165) is 16.6 Å². The van der Waals surface area contributed by atoms with Crippen molar-refractivity contribution >= 4 is 10.9 Å². The number of hydrogen-bond donors (Lipinski definition) is 1. The van der Waals surface area contributed by atoms with E-state index < -0.39 is 0 Å². The molecule has 0 aliphatic heterocycles. The number of aliphatic hydroxyl groups is 1. The van der Waals surface area contributed by atoms with Crippen LogP contribution in [-0.4, -0.2) is 21.5 Å². The van der Waals surface area contributed by atoms with Crippen LogP contribution >= 0.6 is 0 Å². The summed E-state index contributed by atoms with van der Waals surface area (Å²) >= 11 is 0. The highest BCUT2D eigenvalue weighted by Gasteiger charge is 2.05. The van der Waals surface area contributed by atoms with Gasteiger partial charge >= 0.3 is 0 Å². The maximum atomic E-state index is 8.84. The molecule has 2 aromatic rings. The van der Waals surface area contributed by atoms with Crippen molar-refractivity contribution in [2.45, 2.75) is 6.42 Å². The smallest absolute Gasteiger partial charge is 0.0726 e. The topological polar surface area (TPSA) is 38.0 Å². The second kappa shape index (κ2) is 3.18. The van der Waals surface area contributed by atoms with E-state index >= 15 is 0 Å². The van der Waals surface area contributed by atoms with Gasteiger partial charge in [-0.05, 0) is 6.07 Å². The molecular weight excluding hydrogens is 164 g/mol. The summed E-state index contributed by atoms with van der Waals surface area (Å²) in [7, 11) is 1.92. The third kappa shape index (κ3) is 1.31. The minimum Gasteiger partial charge on any atom is -0.396 e. The van der Waals surface area contributed by atoms with Crippen LogP contribution in [0.15, 0.2) is 24.3 Å². The van der Waals surface area contributed by atoms with E-state index in [1.54, 1.807) is 0 Å². The summed E-state index contributed by atoms with van der Waals surface area (Å²) in [5.41, 5.74) is 2.09. The summed E-state index contributed by atoms with van der Waals surface area (Å²) in [6.07, 6.45) is 0.626. The zero-order valence-corrected chi connectivity index (χ0v) is 7.57. The first-order chi connectivity index (χ1) is 6.33. The Kier molecular flexibility index (Phi) is 2.02. The number of hydrogen-bond acceptors (Lipinski definition) is 2. The van der Waals surface area contributed by atoms with Gasteiger partial charge in [-0.2, -0.15) is 5.10 Å². The summed E-state index contributed by atoms with van der Waals surface area (Å²) in [5.74, 6) is 0. The number of rotatable bonds is 2. The summed E-state index contributed by atoms with van der Waals surface area (Å²) in [6, 6.07) is 8.05. The number of aliphatic hydroxyl groups excluding tert-OH is 1. The van der Waals surface area contributed by atoms with Gasteiger partial charge < -0.3 is 5.11 Å². The van der Waals surface area contributed by atoms with Gasteiger partial charge in [-0.1, -0.05) is 18.2 Å². The third-order valence-corrected chi connectivity index (χ3v) is 2.18. The van der Waals surface area contributed by atoms with Gasteiger partial charge in [-0.3, -0.25) is 4.68 Å². The Morgan fingerprint density at radius 1 is 1.38 bits per heavy atom. The van der Waals surface area contributed by atoms with Crippen molar-refractivity contribution < 1.29 is 5.11 Å². The van der Waals surface area contributed by atoms with Crippen molar-refractivity contribution in [2.75, 3.05) is 6.61 Å². The lowest BCUT2D eigenvalue weighted by Gasteiger charge is -1.91. The van der Waals surface area contributed by atoms with Crippen LogP contribution in [0.3, 0.4) is 0 Å². The van der Waals surface area contributed by atoms with Gasteiger partial charge in [0.1, 0.15) is 0 Å². The van der Waals surface area contributed by atoms with Crippen LogP contribution in [-0.2, 0) is 13.5 Å². The first-order valence-corrected chi connectivity index (χ1v) is 4.34. The van der Waals surface area contributed by atoms with Crippen LogP contribution in [0.4, 0.5) is 0 Å². The Bertz CT molecular complexity index is 420. The molecule has 2 rings (SSSR count).